The fraction of sp³-hybridized carbons (Fsp3) is 0.350. The second-order valence-electron chi connectivity index (χ2n) is 6.90. The van der Waals surface area contributed by atoms with Crippen LogP contribution in [0.3, 0.4) is 0 Å². The first-order valence-electron chi connectivity index (χ1n) is 8.83. The van der Waals surface area contributed by atoms with Crippen molar-refractivity contribution >= 4 is 11.7 Å². The number of benzene rings is 1. The Morgan fingerprint density at radius 2 is 2.12 bits per heavy atom. The van der Waals surface area contributed by atoms with Crippen LogP contribution in [0.4, 0.5) is 0 Å². The van der Waals surface area contributed by atoms with E-state index in [0.717, 1.165) is 25.9 Å². The number of aromatic nitrogens is 3. The van der Waals surface area contributed by atoms with Gasteiger partial charge < -0.3 is 4.90 Å². The zero-order chi connectivity index (χ0) is 17.2. The van der Waals surface area contributed by atoms with Crippen LogP contribution in [0.5, 0.6) is 0 Å². The minimum Gasteiger partial charge on any atom is -0.337 e. The molecule has 2 aromatic heterocycles. The zero-order valence-corrected chi connectivity index (χ0v) is 14.4. The molecule has 1 amide bonds. The Morgan fingerprint density at radius 1 is 1.28 bits per heavy atom. The van der Waals surface area contributed by atoms with Crippen LogP contribution in [0, 0.1) is 12.8 Å². The van der Waals surface area contributed by atoms with Gasteiger partial charge in [-0.15, -0.1) is 0 Å². The molecule has 0 spiro atoms. The summed E-state index contributed by atoms with van der Waals surface area (Å²) < 4.78 is 1.79. The molecule has 25 heavy (non-hydrogen) atoms. The number of hydrogen-bond donors (Lipinski definition) is 0. The van der Waals surface area contributed by atoms with Crippen molar-refractivity contribution in [2.24, 2.45) is 5.92 Å². The van der Waals surface area contributed by atoms with Crippen LogP contribution >= 0.6 is 0 Å². The minimum absolute atomic E-state index is 0.0131. The number of rotatable bonds is 3. The Labute approximate surface area is 147 Å². The van der Waals surface area contributed by atoms with Crippen molar-refractivity contribution in [1.82, 2.24) is 19.3 Å². The Bertz CT molecular complexity index is 851. The number of amides is 1. The van der Waals surface area contributed by atoms with E-state index in [-0.39, 0.29) is 5.91 Å². The van der Waals surface area contributed by atoms with Crippen LogP contribution in [0.2, 0.25) is 0 Å². The molecule has 3 heterocycles. The van der Waals surface area contributed by atoms with Crippen molar-refractivity contribution in [3.8, 4) is 0 Å². The quantitative estimate of drug-likeness (QED) is 0.739. The number of nitrogens with zero attached hydrogens (tertiary/aromatic N) is 4. The van der Waals surface area contributed by atoms with Gasteiger partial charge in [0, 0.05) is 31.7 Å². The first-order chi connectivity index (χ1) is 12.2. The summed E-state index contributed by atoms with van der Waals surface area (Å²) in [6.07, 6.45) is 8.57. The second kappa shape index (κ2) is 6.67. The monoisotopic (exact) mass is 334 g/mol. The van der Waals surface area contributed by atoms with E-state index in [2.05, 4.69) is 41.2 Å². The van der Waals surface area contributed by atoms with Crippen molar-refractivity contribution in [3.63, 3.8) is 0 Å². The number of imidazole rings is 1. The molecule has 3 aromatic rings. The maximum atomic E-state index is 12.8. The van der Waals surface area contributed by atoms with E-state index >= 15 is 0 Å². The van der Waals surface area contributed by atoms with E-state index in [1.54, 1.807) is 16.8 Å². The minimum atomic E-state index is 0.0131. The third-order valence-electron chi connectivity index (χ3n) is 4.91. The summed E-state index contributed by atoms with van der Waals surface area (Å²) in [6, 6.07) is 10.5. The van der Waals surface area contributed by atoms with Crippen LogP contribution in [0.15, 0.2) is 48.9 Å². The molecule has 128 valence electrons. The first kappa shape index (κ1) is 15.8. The number of hydrogen-bond acceptors (Lipinski definition) is 3. The van der Waals surface area contributed by atoms with Crippen molar-refractivity contribution in [3.05, 3.63) is 65.7 Å². The molecule has 0 aliphatic carbocycles. The zero-order valence-electron chi connectivity index (χ0n) is 14.4. The highest BCUT2D eigenvalue weighted by atomic mass is 16.2. The standard InChI is InChI=1S/C20H22N4O/c1-15-5-7-16(8-6-15)12-17-4-2-10-23(13-17)19(25)18-14-24-11-3-9-21-20(24)22-18/h3,5-9,11,14,17H,2,4,10,12-13H2,1H3/t17-/m1/s1. The summed E-state index contributed by atoms with van der Waals surface area (Å²) in [5.74, 6) is 1.09. The fourth-order valence-corrected chi connectivity index (χ4v) is 3.57. The van der Waals surface area contributed by atoms with Gasteiger partial charge >= 0.3 is 0 Å². The maximum absolute atomic E-state index is 12.8. The Hall–Kier alpha value is -2.69. The van der Waals surface area contributed by atoms with Gasteiger partial charge in [0.1, 0.15) is 5.69 Å². The van der Waals surface area contributed by atoms with Crippen molar-refractivity contribution in [2.75, 3.05) is 13.1 Å². The number of likely N-dealkylation sites (tertiary alicyclic amines) is 1. The largest absolute Gasteiger partial charge is 0.337 e. The highest BCUT2D eigenvalue weighted by Crippen LogP contribution is 2.22. The third kappa shape index (κ3) is 3.40. The van der Waals surface area contributed by atoms with Gasteiger partial charge in [-0.25, -0.2) is 9.97 Å². The molecule has 0 radical (unpaired) electrons. The Morgan fingerprint density at radius 3 is 2.92 bits per heavy atom. The van der Waals surface area contributed by atoms with Gasteiger partial charge in [-0.05, 0) is 43.7 Å². The van der Waals surface area contributed by atoms with Crippen LogP contribution in [-0.2, 0) is 6.42 Å². The lowest BCUT2D eigenvalue weighted by Gasteiger charge is -2.32. The molecule has 0 N–H and O–H groups in total. The number of carbonyl (C=O) groups excluding carboxylic acids is 1. The molecule has 4 rings (SSSR count). The summed E-state index contributed by atoms with van der Waals surface area (Å²) in [5, 5.41) is 0. The summed E-state index contributed by atoms with van der Waals surface area (Å²) in [4.78, 5) is 23.3. The molecule has 0 unspecified atom stereocenters. The van der Waals surface area contributed by atoms with E-state index in [1.165, 1.54) is 17.5 Å². The second-order valence-corrected chi connectivity index (χ2v) is 6.90. The first-order valence-corrected chi connectivity index (χ1v) is 8.83. The molecule has 0 bridgehead atoms. The van der Waals surface area contributed by atoms with Gasteiger partial charge in [-0.1, -0.05) is 29.8 Å². The molecular formula is C20H22N4O. The van der Waals surface area contributed by atoms with E-state index in [4.69, 9.17) is 0 Å². The number of carbonyl (C=O) groups is 1. The fourth-order valence-electron chi connectivity index (χ4n) is 3.57. The van der Waals surface area contributed by atoms with Crippen molar-refractivity contribution < 1.29 is 4.79 Å². The summed E-state index contributed by atoms with van der Waals surface area (Å²) in [7, 11) is 0. The predicted octanol–water partition coefficient (Wildman–Crippen LogP) is 3.13. The highest BCUT2D eigenvalue weighted by Gasteiger charge is 2.26. The van der Waals surface area contributed by atoms with E-state index in [1.807, 2.05) is 17.2 Å². The average molecular weight is 334 g/mol. The molecule has 1 aromatic carbocycles. The van der Waals surface area contributed by atoms with E-state index in [9.17, 15) is 4.79 Å². The van der Waals surface area contributed by atoms with Gasteiger partial charge in [-0.3, -0.25) is 9.20 Å². The SMILES string of the molecule is Cc1ccc(C[C@H]2CCCN(C(=O)c3cn4cccnc4n3)C2)cc1. The lowest BCUT2D eigenvalue weighted by molar-refractivity contribution is 0.0668. The maximum Gasteiger partial charge on any atom is 0.274 e. The number of piperidine rings is 1. The van der Waals surface area contributed by atoms with Crippen LogP contribution < -0.4 is 0 Å². The van der Waals surface area contributed by atoms with Crippen LogP contribution in [0.1, 0.15) is 34.5 Å². The number of fused-ring (bicyclic) bond motifs is 1. The molecule has 5 nitrogen and oxygen atoms in total. The van der Waals surface area contributed by atoms with Crippen LogP contribution in [-0.4, -0.2) is 38.3 Å². The number of aryl methyl sites for hydroxylation is 1. The van der Waals surface area contributed by atoms with Crippen LogP contribution in [0.25, 0.3) is 5.78 Å². The molecule has 1 fully saturated rings. The van der Waals surface area contributed by atoms with Gasteiger partial charge in [0.2, 0.25) is 5.78 Å². The van der Waals surface area contributed by atoms with Crippen molar-refractivity contribution in [1.29, 1.82) is 0 Å². The summed E-state index contributed by atoms with van der Waals surface area (Å²) >= 11 is 0. The Kier molecular flexibility index (Phi) is 4.22. The predicted molar refractivity (Wildman–Crippen MR) is 96.5 cm³/mol. The Balaban J connectivity index is 1.46. The molecule has 1 saturated heterocycles. The van der Waals surface area contributed by atoms with Gasteiger partial charge in [0.15, 0.2) is 0 Å². The van der Waals surface area contributed by atoms with E-state index < -0.39 is 0 Å². The van der Waals surface area contributed by atoms with Crippen molar-refractivity contribution in [2.45, 2.75) is 26.2 Å². The molecule has 1 atom stereocenters. The molecule has 5 heteroatoms. The molecule has 1 aliphatic heterocycles. The van der Waals surface area contributed by atoms with Gasteiger partial charge in [0.05, 0.1) is 0 Å². The summed E-state index contributed by atoms with van der Waals surface area (Å²) in [5.41, 5.74) is 3.11. The van der Waals surface area contributed by atoms with E-state index in [0.29, 0.717) is 17.4 Å². The topological polar surface area (TPSA) is 50.5 Å². The normalized spacial score (nSPS) is 17.8. The molecule has 1 aliphatic rings. The third-order valence-corrected chi connectivity index (χ3v) is 4.91. The molecular weight excluding hydrogens is 312 g/mol. The average Bonchev–Trinajstić information content (AvgIpc) is 3.07. The highest BCUT2D eigenvalue weighted by molar-refractivity contribution is 5.92. The molecule has 0 saturated carbocycles. The van der Waals surface area contributed by atoms with Gasteiger partial charge in [0.25, 0.3) is 5.91 Å². The van der Waals surface area contributed by atoms with Gasteiger partial charge in [-0.2, -0.15) is 0 Å². The lowest BCUT2D eigenvalue weighted by Crippen LogP contribution is -2.40. The lowest BCUT2D eigenvalue weighted by atomic mass is 9.91. The summed E-state index contributed by atoms with van der Waals surface area (Å²) in [6.45, 7) is 3.72. The smallest absolute Gasteiger partial charge is 0.274 e.